The molecule has 0 saturated heterocycles. The van der Waals surface area contributed by atoms with E-state index in [-0.39, 0.29) is 12.6 Å². The number of aliphatic hydroxyl groups excluding tert-OH is 1. The van der Waals surface area contributed by atoms with Crippen molar-refractivity contribution >= 4 is 17.5 Å². The van der Waals surface area contributed by atoms with Gasteiger partial charge in [0.2, 0.25) is 5.95 Å². The van der Waals surface area contributed by atoms with E-state index in [1.807, 2.05) is 25.8 Å². The van der Waals surface area contributed by atoms with E-state index in [9.17, 15) is 18.3 Å². The highest BCUT2D eigenvalue weighted by atomic mass is 19.4. The van der Waals surface area contributed by atoms with Crippen molar-refractivity contribution in [1.29, 1.82) is 0 Å². The summed E-state index contributed by atoms with van der Waals surface area (Å²) >= 11 is 0. The molecule has 32 heavy (non-hydrogen) atoms. The van der Waals surface area contributed by atoms with Gasteiger partial charge in [-0.1, -0.05) is 0 Å². The highest BCUT2D eigenvalue weighted by Crippen LogP contribution is 2.33. The molecule has 4 heterocycles. The first-order valence-electron chi connectivity index (χ1n) is 9.94. The Kier molecular flexibility index (Phi) is 5.44. The average molecular weight is 451 g/mol. The Morgan fingerprint density at radius 3 is 2.69 bits per heavy atom. The molecule has 0 bridgehead atoms. The zero-order valence-corrected chi connectivity index (χ0v) is 18.0. The van der Waals surface area contributed by atoms with Crippen LogP contribution in [0.5, 0.6) is 0 Å². The van der Waals surface area contributed by atoms with E-state index in [0.29, 0.717) is 35.4 Å². The van der Waals surface area contributed by atoms with Crippen LogP contribution >= 0.6 is 0 Å². The lowest BCUT2D eigenvalue weighted by Crippen LogP contribution is -2.48. The molecule has 0 spiro atoms. The zero-order chi connectivity index (χ0) is 23.2. The second-order valence-electron chi connectivity index (χ2n) is 7.81. The summed E-state index contributed by atoms with van der Waals surface area (Å²) in [5.74, 6) is 1.11. The first-order valence-corrected chi connectivity index (χ1v) is 9.94. The third-order valence-electron chi connectivity index (χ3n) is 5.49. The topological polar surface area (TPSA) is 109 Å². The molecule has 10 nitrogen and oxygen atoms in total. The van der Waals surface area contributed by atoms with Gasteiger partial charge in [-0.15, -0.1) is 0 Å². The molecule has 3 N–H and O–H groups in total. The Bertz CT molecular complexity index is 1120. The van der Waals surface area contributed by atoms with Crippen LogP contribution in [0.4, 0.5) is 30.6 Å². The van der Waals surface area contributed by atoms with Crippen LogP contribution in [0.3, 0.4) is 0 Å². The van der Waals surface area contributed by atoms with Gasteiger partial charge in [0.05, 0.1) is 30.2 Å². The number of aliphatic hydroxyl groups is 1. The summed E-state index contributed by atoms with van der Waals surface area (Å²) in [5.41, 5.74) is 1.66. The van der Waals surface area contributed by atoms with Crippen LogP contribution in [-0.4, -0.2) is 54.0 Å². The van der Waals surface area contributed by atoms with E-state index in [1.165, 1.54) is 11.7 Å². The molecule has 3 aromatic heterocycles. The summed E-state index contributed by atoms with van der Waals surface area (Å²) in [6.45, 7) is 4.26. The molecule has 1 aliphatic heterocycles. The van der Waals surface area contributed by atoms with Crippen molar-refractivity contribution in [2.45, 2.75) is 45.4 Å². The normalized spacial score (nSPS) is 18.4. The predicted molar refractivity (Wildman–Crippen MR) is 111 cm³/mol. The Labute approximate surface area is 182 Å². The van der Waals surface area contributed by atoms with Gasteiger partial charge >= 0.3 is 6.18 Å². The number of hydrogen-bond donors (Lipinski definition) is 3. The number of rotatable bonds is 5. The molecular formula is C19H24F3N9O. The number of fused-ring (bicyclic) bond motifs is 1. The van der Waals surface area contributed by atoms with Crippen LogP contribution in [0, 0.1) is 6.92 Å². The zero-order valence-electron chi connectivity index (χ0n) is 18.0. The van der Waals surface area contributed by atoms with Gasteiger partial charge in [-0.2, -0.15) is 28.4 Å². The van der Waals surface area contributed by atoms with E-state index in [0.717, 1.165) is 11.6 Å². The molecule has 1 unspecified atom stereocenters. The molecule has 0 fully saturated rings. The lowest BCUT2D eigenvalue weighted by molar-refractivity contribution is -0.141. The van der Waals surface area contributed by atoms with Crippen molar-refractivity contribution < 1.29 is 18.3 Å². The van der Waals surface area contributed by atoms with E-state index >= 15 is 0 Å². The number of halogens is 3. The molecule has 4 rings (SSSR count). The number of nitrogens with zero attached hydrogens (tertiary/aromatic N) is 7. The van der Waals surface area contributed by atoms with Gasteiger partial charge < -0.3 is 20.6 Å². The first-order chi connectivity index (χ1) is 15.0. The Morgan fingerprint density at radius 2 is 2.00 bits per heavy atom. The predicted octanol–water partition coefficient (Wildman–Crippen LogP) is 1.96. The maximum Gasteiger partial charge on any atom is 0.435 e. The third-order valence-corrected chi connectivity index (χ3v) is 5.49. The Balaban J connectivity index is 1.44. The Hall–Kier alpha value is -3.35. The van der Waals surface area contributed by atoms with Crippen molar-refractivity contribution in [3.05, 3.63) is 41.1 Å². The number of alkyl halides is 3. The second-order valence-corrected chi connectivity index (χ2v) is 7.81. The van der Waals surface area contributed by atoms with Crippen molar-refractivity contribution in [1.82, 2.24) is 29.5 Å². The van der Waals surface area contributed by atoms with Crippen molar-refractivity contribution in [2.75, 3.05) is 22.6 Å². The lowest BCUT2D eigenvalue weighted by Gasteiger charge is -2.37. The maximum atomic E-state index is 12.8. The minimum Gasteiger partial charge on any atom is -0.372 e. The summed E-state index contributed by atoms with van der Waals surface area (Å²) in [5, 5.41) is 24.0. The van der Waals surface area contributed by atoms with Crippen LogP contribution in [0.1, 0.15) is 29.6 Å². The van der Waals surface area contributed by atoms with E-state index < -0.39 is 18.1 Å². The van der Waals surface area contributed by atoms with Crippen LogP contribution in [0.2, 0.25) is 0 Å². The molecule has 13 heteroatoms. The molecule has 0 aromatic carbocycles. The smallest absolute Gasteiger partial charge is 0.372 e. The van der Waals surface area contributed by atoms with Crippen molar-refractivity contribution in [2.24, 2.45) is 7.05 Å². The molecule has 1 aliphatic rings. The van der Waals surface area contributed by atoms with E-state index in [1.54, 1.807) is 17.1 Å². The number of aryl methyl sites for hydroxylation is 2. The number of hydrogen-bond acceptors (Lipinski definition) is 8. The summed E-state index contributed by atoms with van der Waals surface area (Å²) in [6, 6.07) is 0.860. The molecule has 172 valence electrons. The molecule has 0 saturated carbocycles. The van der Waals surface area contributed by atoms with E-state index in [2.05, 4.69) is 30.8 Å². The van der Waals surface area contributed by atoms with Crippen molar-refractivity contribution in [3.8, 4) is 0 Å². The highest BCUT2D eigenvalue weighted by molar-refractivity contribution is 5.72. The van der Waals surface area contributed by atoms with Crippen LogP contribution in [0.25, 0.3) is 0 Å². The fourth-order valence-electron chi connectivity index (χ4n) is 3.46. The molecule has 2 atom stereocenters. The summed E-state index contributed by atoms with van der Waals surface area (Å²) in [4.78, 5) is 10.9. The number of aromatic nitrogens is 6. The first kappa shape index (κ1) is 21.9. The van der Waals surface area contributed by atoms with Crippen LogP contribution in [-0.2, 0) is 26.3 Å². The minimum absolute atomic E-state index is 0.157. The molecule has 0 radical (unpaired) electrons. The third kappa shape index (κ3) is 4.20. The van der Waals surface area contributed by atoms with Gasteiger partial charge in [0, 0.05) is 32.4 Å². The van der Waals surface area contributed by atoms with Gasteiger partial charge in [0.1, 0.15) is 11.9 Å². The summed E-state index contributed by atoms with van der Waals surface area (Å²) in [7, 11) is 3.33. The quantitative estimate of drug-likeness (QED) is 0.540. The fraction of sp³-hybridized carbons (Fsp3) is 0.474. The summed E-state index contributed by atoms with van der Waals surface area (Å²) in [6.07, 6.45) is -1.83. The maximum absolute atomic E-state index is 12.8. The van der Waals surface area contributed by atoms with Gasteiger partial charge in [0.25, 0.3) is 0 Å². The number of likely N-dealkylation sites (N-methyl/N-ethyl adjacent to an activating group) is 1. The van der Waals surface area contributed by atoms with Crippen molar-refractivity contribution in [3.63, 3.8) is 0 Å². The van der Waals surface area contributed by atoms with Gasteiger partial charge in [-0.3, -0.25) is 9.36 Å². The Morgan fingerprint density at radius 1 is 1.25 bits per heavy atom. The monoisotopic (exact) mass is 451 g/mol. The van der Waals surface area contributed by atoms with Gasteiger partial charge in [-0.05, 0) is 19.9 Å². The molecule has 0 amide bonds. The van der Waals surface area contributed by atoms with Crippen LogP contribution < -0.4 is 15.5 Å². The van der Waals surface area contributed by atoms with Gasteiger partial charge in [0.15, 0.2) is 11.5 Å². The van der Waals surface area contributed by atoms with Crippen LogP contribution in [0.15, 0.2) is 18.5 Å². The number of anilines is 3. The lowest BCUT2D eigenvalue weighted by atomic mass is 10.1. The largest absolute Gasteiger partial charge is 0.435 e. The second kappa shape index (κ2) is 7.97. The highest BCUT2D eigenvalue weighted by Gasteiger charge is 2.34. The fourth-order valence-corrected chi connectivity index (χ4v) is 3.46. The average Bonchev–Trinajstić information content (AvgIpc) is 3.32. The molecular weight excluding hydrogens is 427 g/mol. The molecule has 0 aliphatic carbocycles. The molecule has 3 aromatic rings. The minimum atomic E-state index is -4.48. The van der Waals surface area contributed by atoms with E-state index in [4.69, 9.17) is 0 Å². The SMILES string of the molecule is Cc1nc(NCc2cnn(Cc3cc(C(F)(F)F)nn3C)c2)nc2c1NC(O)[C@H](C)N2C. The van der Waals surface area contributed by atoms with Gasteiger partial charge in [-0.25, -0.2) is 4.98 Å². The number of nitrogens with one attached hydrogen (secondary N) is 2. The summed E-state index contributed by atoms with van der Waals surface area (Å²) < 4.78 is 41.3. The standard InChI is InChI=1S/C19H24F3N9O/c1-10-15-16(29(3)11(2)17(32)26-15)27-18(25-10)23-6-12-7-24-31(8-12)9-13-5-14(19(20,21)22)28-30(13)4/h5,7-8,11,17,26,32H,6,9H2,1-4H3,(H,23,25,27)/t11-,17?/m0/s1.